The summed E-state index contributed by atoms with van der Waals surface area (Å²) in [5.41, 5.74) is 0.637. The highest BCUT2D eigenvalue weighted by Crippen LogP contribution is 2.46. The number of hydrogen-bond acceptors (Lipinski definition) is 3. The van der Waals surface area contributed by atoms with Crippen LogP contribution in [0.15, 0.2) is 18.2 Å². The highest BCUT2D eigenvalue weighted by atomic mass is 19.1. The molecule has 1 unspecified atom stereocenters. The van der Waals surface area contributed by atoms with E-state index >= 15 is 0 Å². The van der Waals surface area contributed by atoms with Crippen molar-refractivity contribution in [3.63, 3.8) is 0 Å². The first-order valence-electron chi connectivity index (χ1n) is 8.61. The second-order valence-corrected chi connectivity index (χ2v) is 7.02. The summed E-state index contributed by atoms with van der Waals surface area (Å²) >= 11 is 0. The van der Waals surface area contributed by atoms with Gasteiger partial charge in [-0.25, -0.2) is 4.39 Å². The third-order valence-electron chi connectivity index (χ3n) is 6.01. The molecule has 128 valence electrons. The van der Waals surface area contributed by atoms with Crippen LogP contribution in [-0.2, 0) is 19.9 Å². The van der Waals surface area contributed by atoms with Crippen LogP contribution in [0.1, 0.15) is 31.7 Å². The third-order valence-corrected chi connectivity index (χ3v) is 6.01. The monoisotopic (exact) mass is 333 g/mol. The number of ether oxygens (including phenoxy) is 1. The number of fused-ring (bicyclic) bond motifs is 4. The van der Waals surface area contributed by atoms with Crippen LogP contribution in [0.25, 0.3) is 0 Å². The van der Waals surface area contributed by atoms with Gasteiger partial charge < -0.3 is 14.5 Å². The van der Waals surface area contributed by atoms with Crippen molar-refractivity contribution in [1.29, 1.82) is 0 Å². The highest BCUT2D eigenvalue weighted by molar-refractivity contribution is 6.06. The van der Waals surface area contributed by atoms with Gasteiger partial charge in [-0.1, -0.05) is 0 Å². The highest BCUT2D eigenvalue weighted by Gasteiger charge is 2.68. The zero-order valence-corrected chi connectivity index (χ0v) is 14.0. The van der Waals surface area contributed by atoms with Gasteiger partial charge in [-0.3, -0.25) is 9.59 Å². The lowest BCUT2D eigenvalue weighted by molar-refractivity contribution is -0.947. The third kappa shape index (κ3) is 1.83. The van der Waals surface area contributed by atoms with E-state index in [9.17, 15) is 14.0 Å². The molecule has 3 heterocycles. The van der Waals surface area contributed by atoms with Crippen molar-refractivity contribution in [3.05, 3.63) is 29.6 Å². The lowest BCUT2D eigenvalue weighted by Gasteiger charge is -2.30. The molecule has 1 aromatic rings. The fraction of sp³-hybridized carbons (Fsp3) is 0.556. The van der Waals surface area contributed by atoms with Crippen LogP contribution in [0.4, 0.5) is 10.1 Å². The Morgan fingerprint density at radius 1 is 1.50 bits per heavy atom. The second kappa shape index (κ2) is 5.28. The summed E-state index contributed by atoms with van der Waals surface area (Å²) in [4.78, 5) is 28.4. The summed E-state index contributed by atoms with van der Waals surface area (Å²) in [5.74, 6) is -0.893. The molecule has 2 saturated heterocycles. The number of halogens is 1. The molecule has 0 bridgehead atoms. The number of esters is 1. The Morgan fingerprint density at radius 3 is 3.04 bits per heavy atom. The summed E-state index contributed by atoms with van der Waals surface area (Å²) in [7, 11) is 1.73. The number of anilines is 1. The van der Waals surface area contributed by atoms with E-state index in [1.54, 1.807) is 24.9 Å². The molecule has 6 heteroatoms. The Bertz CT molecular complexity index is 722. The van der Waals surface area contributed by atoms with Crippen molar-refractivity contribution in [3.8, 4) is 0 Å². The summed E-state index contributed by atoms with van der Waals surface area (Å²) in [6.07, 6.45) is 2.28. The summed E-state index contributed by atoms with van der Waals surface area (Å²) < 4.78 is 19.2. The van der Waals surface area contributed by atoms with Gasteiger partial charge in [0.15, 0.2) is 0 Å². The molecule has 1 aromatic carbocycles. The second-order valence-electron chi connectivity index (χ2n) is 7.02. The van der Waals surface area contributed by atoms with Crippen LogP contribution in [0.3, 0.4) is 0 Å². The smallest absolute Gasteiger partial charge is 0.315 e. The quantitative estimate of drug-likeness (QED) is 0.808. The van der Waals surface area contributed by atoms with E-state index in [1.807, 2.05) is 0 Å². The normalized spacial score (nSPS) is 33.9. The zero-order valence-electron chi connectivity index (χ0n) is 14.0. The number of nitrogens with zero attached hydrogens (tertiary/aromatic N) is 1. The van der Waals surface area contributed by atoms with Gasteiger partial charge in [-0.15, -0.1) is 0 Å². The number of quaternary nitrogens is 1. The summed E-state index contributed by atoms with van der Waals surface area (Å²) in [6, 6.07) is 4.61. The molecule has 24 heavy (non-hydrogen) atoms. The molecule has 5 nitrogen and oxygen atoms in total. The first-order valence-corrected chi connectivity index (χ1v) is 8.61. The summed E-state index contributed by atoms with van der Waals surface area (Å²) in [6.45, 7) is 2.96. The van der Waals surface area contributed by atoms with E-state index in [0.29, 0.717) is 13.0 Å². The van der Waals surface area contributed by atoms with Gasteiger partial charge in [0.1, 0.15) is 17.8 Å². The van der Waals surface area contributed by atoms with E-state index in [4.69, 9.17) is 4.74 Å². The number of amides is 1. The molecule has 3 aliphatic rings. The molecule has 4 atom stereocenters. The van der Waals surface area contributed by atoms with Gasteiger partial charge in [0.25, 0.3) is 5.91 Å². The van der Waals surface area contributed by atoms with Crippen molar-refractivity contribution >= 4 is 17.6 Å². The van der Waals surface area contributed by atoms with Crippen molar-refractivity contribution < 1.29 is 23.6 Å². The Labute approximate surface area is 140 Å². The number of benzene rings is 1. The SMILES string of the molecule is CCOC(=O)[C@H]1C[C@@]2(C(=O)N(C)c3ccc(F)cc32)[NH+]2CCC[C@@H]12. The van der Waals surface area contributed by atoms with E-state index in [2.05, 4.69) is 0 Å². The molecule has 1 amide bonds. The van der Waals surface area contributed by atoms with Crippen LogP contribution in [-0.4, -0.2) is 38.1 Å². The lowest BCUT2D eigenvalue weighted by Crippen LogP contribution is -3.19. The molecule has 4 rings (SSSR count). The molecule has 0 saturated carbocycles. The molecule has 0 aromatic heterocycles. The van der Waals surface area contributed by atoms with Crippen LogP contribution in [0, 0.1) is 11.7 Å². The Balaban J connectivity index is 1.84. The number of nitrogens with one attached hydrogen (secondary N) is 1. The van der Waals surface area contributed by atoms with E-state index in [1.165, 1.54) is 12.1 Å². The maximum atomic E-state index is 13.9. The van der Waals surface area contributed by atoms with Crippen LogP contribution < -0.4 is 9.80 Å². The average Bonchev–Trinajstić information content (AvgIpc) is 3.19. The standard InChI is InChI=1S/C18H21FN2O3/c1-3-24-16(22)12-10-18(21-8-4-5-14(12)21)13-9-11(19)6-7-15(13)20(2)17(18)23/h6-7,9,12,14H,3-5,8,10H2,1-2H3/p+1/t12-,14-,18+/m0/s1. The van der Waals surface area contributed by atoms with Crippen molar-refractivity contribution in [2.45, 2.75) is 37.8 Å². The number of likely N-dealkylation sites (N-methyl/N-ethyl adjacent to an activating group) is 1. The molecule has 0 aliphatic carbocycles. The predicted molar refractivity (Wildman–Crippen MR) is 85.1 cm³/mol. The van der Waals surface area contributed by atoms with E-state index < -0.39 is 5.54 Å². The fourth-order valence-corrected chi connectivity index (χ4v) is 5.11. The van der Waals surface area contributed by atoms with Gasteiger partial charge in [-0.2, -0.15) is 0 Å². The first-order chi connectivity index (χ1) is 11.5. The zero-order chi connectivity index (χ0) is 17.1. The largest absolute Gasteiger partial charge is 0.466 e. The fourth-order valence-electron chi connectivity index (χ4n) is 5.11. The molecule has 3 aliphatic heterocycles. The average molecular weight is 333 g/mol. The minimum absolute atomic E-state index is 0.0307. The molecular formula is C18H22FN2O3+. The predicted octanol–water partition coefficient (Wildman–Crippen LogP) is 0.628. The van der Waals surface area contributed by atoms with Gasteiger partial charge in [0, 0.05) is 31.9 Å². The Hall–Kier alpha value is -1.95. The van der Waals surface area contributed by atoms with Gasteiger partial charge >= 0.3 is 5.97 Å². The van der Waals surface area contributed by atoms with Crippen molar-refractivity contribution in [2.75, 3.05) is 25.1 Å². The van der Waals surface area contributed by atoms with Gasteiger partial charge in [0.05, 0.1) is 18.8 Å². The van der Waals surface area contributed by atoms with Crippen molar-refractivity contribution in [2.24, 2.45) is 5.92 Å². The van der Waals surface area contributed by atoms with Gasteiger partial charge in [0.2, 0.25) is 5.54 Å². The summed E-state index contributed by atoms with van der Waals surface area (Å²) in [5, 5.41) is 0. The first kappa shape index (κ1) is 15.6. The molecule has 1 spiro atoms. The number of carbonyl (C=O) groups is 2. The number of rotatable bonds is 2. The van der Waals surface area contributed by atoms with E-state index in [0.717, 1.165) is 35.5 Å². The van der Waals surface area contributed by atoms with Crippen LogP contribution in [0.5, 0.6) is 0 Å². The Kier molecular flexibility index (Phi) is 3.42. The Morgan fingerprint density at radius 2 is 2.29 bits per heavy atom. The molecule has 2 fully saturated rings. The van der Waals surface area contributed by atoms with Crippen molar-refractivity contribution in [1.82, 2.24) is 0 Å². The lowest BCUT2D eigenvalue weighted by atomic mass is 9.84. The maximum absolute atomic E-state index is 13.9. The minimum Gasteiger partial charge on any atom is -0.466 e. The maximum Gasteiger partial charge on any atom is 0.315 e. The number of carbonyl (C=O) groups excluding carboxylic acids is 2. The number of hydrogen-bond donors (Lipinski definition) is 1. The topological polar surface area (TPSA) is 51.1 Å². The molecular weight excluding hydrogens is 311 g/mol. The van der Waals surface area contributed by atoms with Gasteiger partial charge in [-0.05, 0) is 25.1 Å². The van der Waals surface area contributed by atoms with E-state index in [-0.39, 0.29) is 29.7 Å². The van der Waals surface area contributed by atoms with Crippen LogP contribution in [0.2, 0.25) is 0 Å². The minimum atomic E-state index is -0.842. The van der Waals surface area contributed by atoms with Crippen LogP contribution >= 0.6 is 0 Å². The molecule has 0 radical (unpaired) electrons. The molecule has 1 N–H and O–H groups in total.